The number of hydrogen-bond donors (Lipinski definition) is 1. The third-order valence-electron chi connectivity index (χ3n) is 8.58. The van der Waals surface area contributed by atoms with Gasteiger partial charge in [0.1, 0.15) is 23.6 Å². The molecule has 0 bridgehead atoms. The van der Waals surface area contributed by atoms with Gasteiger partial charge in [-0.1, -0.05) is 30.3 Å². The molecule has 218 valence electrons. The van der Waals surface area contributed by atoms with Crippen molar-refractivity contribution in [1.29, 1.82) is 0 Å². The number of benzene rings is 2. The number of nitrogens with one attached hydrogen (secondary N) is 1. The summed E-state index contributed by atoms with van der Waals surface area (Å²) >= 11 is 0. The van der Waals surface area contributed by atoms with Crippen molar-refractivity contribution in [1.82, 2.24) is 24.7 Å². The Bertz CT molecular complexity index is 1340. The highest BCUT2D eigenvalue weighted by Gasteiger charge is 2.42. The minimum Gasteiger partial charge on any atom is -0.381 e. The topological polar surface area (TPSA) is 62.6 Å². The number of amides is 2. The van der Waals surface area contributed by atoms with Crippen molar-refractivity contribution >= 4 is 6.03 Å². The smallest absolute Gasteiger partial charge is 0.320 e. The fourth-order valence-electron chi connectivity index (χ4n) is 6.17. The maximum atomic E-state index is 15.0. The van der Waals surface area contributed by atoms with Gasteiger partial charge in [-0.05, 0) is 48.9 Å². The van der Waals surface area contributed by atoms with Gasteiger partial charge in [-0.3, -0.25) is 0 Å². The lowest BCUT2D eigenvalue weighted by atomic mass is 9.89. The first-order chi connectivity index (χ1) is 20.0. The van der Waals surface area contributed by atoms with Crippen molar-refractivity contribution in [3.05, 3.63) is 77.8 Å². The van der Waals surface area contributed by atoms with Gasteiger partial charge in [0.05, 0.1) is 11.7 Å². The summed E-state index contributed by atoms with van der Waals surface area (Å²) in [6.45, 7) is 3.86. The highest BCUT2D eigenvalue weighted by molar-refractivity contribution is 5.76. The summed E-state index contributed by atoms with van der Waals surface area (Å²) in [5.74, 6) is -0.881. The average Bonchev–Trinajstić information content (AvgIpc) is 3.55. The van der Waals surface area contributed by atoms with Crippen LogP contribution in [0.1, 0.15) is 36.7 Å². The van der Waals surface area contributed by atoms with Crippen LogP contribution in [0, 0.1) is 23.5 Å². The van der Waals surface area contributed by atoms with Crippen LogP contribution in [0.5, 0.6) is 0 Å². The third kappa shape index (κ3) is 5.99. The molecular formula is C31H36F3N5O2. The number of aromatic nitrogens is 2. The minimum absolute atomic E-state index is 0.00327. The Kier molecular flexibility index (Phi) is 8.30. The lowest BCUT2D eigenvalue weighted by Crippen LogP contribution is -2.54. The number of alkyl halides is 1. The standard InChI is InChI=1S/C31H36F3N5O2/c32-24-7-8-26(33)25(15-24)28-20-38(18-21-5-2-1-3-6-21)30(36-28)29(22-9-13-41-14-10-22)39(31(40)37-11-4-12-37)19-23-16-35-17-27(23)34/h1-3,5-8,15,20,22-23,27,29,35H,4,9-14,16-19H2. The minimum atomic E-state index is -1.06. The molecule has 3 saturated heterocycles. The zero-order chi connectivity index (χ0) is 28.3. The van der Waals surface area contributed by atoms with E-state index in [1.54, 1.807) is 11.1 Å². The van der Waals surface area contributed by atoms with E-state index in [4.69, 9.17) is 9.72 Å². The normalized spacial score (nSPS) is 22.0. The Morgan fingerprint density at radius 3 is 2.56 bits per heavy atom. The highest BCUT2D eigenvalue weighted by Crippen LogP contribution is 2.39. The number of likely N-dealkylation sites (tertiary alicyclic amines) is 1. The van der Waals surface area contributed by atoms with Gasteiger partial charge in [0.2, 0.25) is 0 Å². The van der Waals surface area contributed by atoms with Crippen LogP contribution in [0.3, 0.4) is 0 Å². The van der Waals surface area contributed by atoms with E-state index >= 15 is 0 Å². The van der Waals surface area contributed by atoms with Crippen molar-refractivity contribution in [2.24, 2.45) is 11.8 Å². The second kappa shape index (κ2) is 12.2. The molecular weight excluding hydrogens is 531 g/mol. The summed E-state index contributed by atoms with van der Waals surface area (Å²) in [5.41, 5.74) is 1.37. The van der Waals surface area contributed by atoms with E-state index in [1.807, 2.05) is 39.8 Å². The Hall–Kier alpha value is -3.37. The third-order valence-corrected chi connectivity index (χ3v) is 8.58. The molecule has 3 atom stereocenters. The number of hydrogen-bond acceptors (Lipinski definition) is 4. The van der Waals surface area contributed by atoms with Crippen molar-refractivity contribution in [2.45, 2.75) is 38.0 Å². The molecule has 4 heterocycles. The van der Waals surface area contributed by atoms with Gasteiger partial charge in [-0.2, -0.15) is 0 Å². The average molecular weight is 568 g/mol. The fraction of sp³-hybridized carbons (Fsp3) is 0.484. The lowest BCUT2D eigenvalue weighted by molar-refractivity contribution is 0.0170. The van der Waals surface area contributed by atoms with Gasteiger partial charge in [0, 0.05) is 70.2 Å². The maximum Gasteiger partial charge on any atom is 0.320 e. The second-order valence-corrected chi connectivity index (χ2v) is 11.3. The van der Waals surface area contributed by atoms with Crippen LogP contribution < -0.4 is 5.32 Å². The predicted molar refractivity (Wildman–Crippen MR) is 149 cm³/mol. The summed E-state index contributed by atoms with van der Waals surface area (Å²) in [7, 11) is 0. The van der Waals surface area contributed by atoms with Crippen LogP contribution in [0.25, 0.3) is 11.3 Å². The molecule has 0 saturated carbocycles. The monoisotopic (exact) mass is 567 g/mol. The molecule has 2 amide bonds. The number of imidazole rings is 1. The number of ether oxygens (including phenoxy) is 1. The molecule has 3 fully saturated rings. The van der Waals surface area contributed by atoms with Crippen LogP contribution in [0.15, 0.2) is 54.7 Å². The van der Waals surface area contributed by atoms with Crippen LogP contribution in [0.4, 0.5) is 18.0 Å². The first kappa shape index (κ1) is 27.8. The van der Waals surface area contributed by atoms with E-state index in [0.29, 0.717) is 63.8 Å². The summed E-state index contributed by atoms with van der Waals surface area (Å²) in [6, 6.07) is 12.5. The van der Waals surface area contributed by atoms with Gasteiger partial charge >= 0.3 is 6.03 Å². The molecule has 6 rings (SSSR count). The molecule has 10 heteroatoms. The molecule has 3 aromatic rings. The van der Waals surface area contributed by atoms with Crippen molar-refractivity contribution in [3.8, 4) is 11.3 Å². The van der Waals surface area contributed by atoms with E-state index in [0.717, 1.165) is 30.2 Å². The number of carbonyl (C=O) groups is 1. The van der Waals surface area contributed by atoms with E-state index in [-0.39, 0.29) is 36.5 Å². The number of rotatable bonds is 8. The van der Waals surface area contributed by atoms with Crippen LogP contribution in [-0.2, 0) is 11.3 Å². The molecule has 0 aliphatic carbocycles. The van der Waals surface area contributed by atoms with Crippen LogP contribution in [0.2, 0.25) is 0 Å². The summed E-state index contributed by atoms with van der Waals surface area (Å²) in [6.07, 6.45) is 3.03. The Labute approximate surface area is 238 Å². The number of carbonyl (C=O) groups excluding carboxylic acids is 1. The first-order valence-corrected chi connectivity index (χ1v) is 14.5. The summed E-state index contributed by atoms with van der Waals surface area (Å²) < 4.78 is 51.8. The SMILES string of the molecule is O=C(N1CCC1)N(CC1CNCC1F)C(c1nc(-c2cc(F)ccc2F)cn1Cc1ccccc1)C1CCOCC1. The van der Waals surface area contributed by atoms with Gasteiger partial charge in [0.15, 0.2) is 0 Å². The molecule has 2 aromatic carbocycles. The maximum absolute atomic E-state index is 15.0. The van der Waals surface area contributed by atoms with Gasteiger partial charge in [-0.25, -0.2) is 22.9 Å². The van der Waals surface area contributed by atoms with E-state index < -0.39 is 23.8 Å². The lowest BCUT2D eigenvalue weighted by Gasteiger charge is -2.44. The largest absolute Gasteiger partial charge is 0.381 e. The number of urea groups is 1. The molecule has 3 unspecified atom stereocenters. The molecule has 0 spiro atoms. The quantitative estimate of drug-likeness (QED) is 0.415. The van der Waals surface area contributed by atoms with Crippen LogP contribution in [-0.4, -0.2) is 77.5 Å². The zero-order valence-corrected chi connectivity index (χ0v) is 23.0. The van der Waals surface area contributed by atoms with Gasteiger partial charge < -0.3 is 24.4 Å². The zero-order valence-electron chi connectivity index (χ0n) is 23.0. The van der Waals surface area contributed by atoms with Crippen molar-refractivity contribution < 1.29 is 22.7 Å². The molecule has 3 aliphatic rings. The molecule has 3 aliphatic heterocycles. The Morgan fingerprint density at radius 2 is 1.88 bits per heavy atom. The van der Waals surface area contributed by atoms with Gasteiger partial charge in [0.25, 0.3) is 0 Å². The number of nitrogens with zero attached hydrogens (tertiary/aromatic N) is 4. The summed E-state index contributed by atoms with van der Waals surface area (Å²) in [4.78, 5) is 22.6. The highest BCUT2D eigenvalue weighted by atomic mass is 19.1. The first-order valence-electron chi connectivity index (χ1n) is 14.5. The van der Waals surface area contributed by atoms with Gasteiger partial charge in [-0.15, -0.1) is 0 Å². The fourth-order valence-corrected chi connectivity index (χ4v) is 6.17. The molecule has 7 nitrogen and oxygen atoms in total. The molecule has 1 aromatic heterocycles. The van der Waals surface area contributed by atoms with Crippen molar-refractivity contribution in [3.63, 3.8) is 0 Å². The molecule has 0 radical (unpaired) electrons. The molecule has 41 heavy (non-hydrogen) atoms. The van der Waals surface area contributed by atoms with E-state index in [2.05, 4.69) is 5.32 Å². The van der Waals surface area contributed by atoms with E-state index in [9.17, 15) is 18.0 Å². The number of halogens is 3. The Balaban J connectivity index is 1.48. The summed E-state index contributed by atoms with van der Waals surface area (Å²) in [5, 5.41) is 3.12. The molecule has 1 N–H and O–H groups in total. The van der Waals surface area contributed by atoms with Crippen LogP contribution >= 0.6 is 0 Å². The second-order valence-electron chi connectivity index (χ2n) is 11.3. The predicted octanol–water partition coefficient (Wildman–Crippen LogP) is 5.03. The van der Waals surface area contributed by atoms with Crippen molar-refractivity contribution in [2.75, 3.05) is 45.9 Å². The van der Waals surface area contributed by atoms with E-state index in [1.165, 1.54) is 0 Å². The Morgan fingerprint density at radius 1 is 1.10 bits per heavy atom.